The van der Waals surface area contributed by atoms with Gasteiger partial charge in [0, 0.05) is 0 Å². The minimum atomic E-state index is -0.613. The van der Waals surface area contributed by atoms with Crippen LogP contribution in [0.5, 0.6) is 5.75 Å². The highest BCUT2D eigenvalue weighted by molar-refractivity contribution is 5.26. The molecule has 1 aromatic carbocycles. The third-order valence-electron chi connectivity index (χ3n) is 2.70. The summed E-state index contributed by atoms with van der Waals surface area (Å²) in [6.07, 6.45) is 0. The quantitative estimate of drug-likeness (QED) is 0.869. The molecule has 0 saturated heterocycles. The Morgan fingerprint density at radius 2 is 1.90 bits per heavy atom. The molecule has 0 radical (unpaired) electrons. The molecule has 0 unspecified atom stereocenters. The van der Waals surface area contributed by atoms with E-state index in [0.29, 0.717) is 18.3 Å². The topological polar surface area (TPSA) is 83.4 Å². The number of nitrogens with two attached hydrogens (primary N) is 1. The molecule has 0 amide bonds. The maximum absolute atomic E-state index is 5.88. The normalized spacial score (nSPS) is 11.6. The van der Waals surface area contributed by atoms with Gasteiger partial charge in [0.15, 0.2) is 5.82 Å². The lowest BCUT2D eigenvalue weighted by Crippen LogP contribution is -2.30. The van der Waals surface area contributed by atoms with Crippen molar-refractivity contribution in [2.45, 2.75) is 32.6 Å². The lowest BCUT2D eigenvalue weighted by Gasteiger charge is -2.11. The number of benzene rings is 1. The summed E-state index contributed by atoms with van der Waals surface area (Å²) >= 11 is 0. The van der Waals surface area contributed by atoms with Gasteiger partial charge in [-0.15, -0.1) is 0 Å². The molecule has 0 atom stereocenters. The maximum atomic E-state index is 5.88. The van der Waals surface area contributed by atoms with Crippen molar-refractivity contribution in [2.24, 2.45) is 5.73 Å². The van der Waals surface area contributed by atoms with E-state index in [2.05, 4.69) is 10.1 Å². The highest BCUT2D eigenvalue weighted by Crippen LogP contribution is 2.14. The smallest absolute Gasteiger partial charge is 0.252 e. The van der Waals surface area contributed by atoms with E-state index in [0.717, 1.165) is 11.3 Å². The fourth-order valence-electron chi connectivity index (χ4n) is 1.55. The van der Waals surface area contributed by atoms with Crippen LogP contribution in [0.4, 0.5) is 0 Å². The van der Waals surface area contributed by atoms with E-state index in [1.165, 1.54) is 0 Å². The van der Waals surface area contributed by atoms with Gasteiger partial charge in [0.05, 0.1) is 19.3 Å². The predicted molar refractivity (Wildman–Crippen MR) is 73.0 cm³/mol. The molecule has 0 aliphatic carbocycles. The summed E-state index contributed by atoms with van der Waals surface area (Å²) in [5.74, 6) is 1.72. The first-order valence-corrected chi connectivity index (χ1v) is 6.31. The summed E-state index contributed by atoms with van der Waals surface area (Å²) in [5.41, 5.74) is 6.31. The Morgan fingerprint density at radius 3 is 2.45 bits per heavy atom. The van der Waals surface area contributed by atoms with Gasteiger partial charge in [-0.3, -0.25) is 0 Å². The van der Waals surface area contributed by atoms with Crippen LogP contribution in [0.1, 0.15) is 31.1 Å². The fourth-order valence-corrected chi connectivity index (χ4v) is 1.55. The van der Waals surface area contributed by atoms with E-state index in [-0.39, 0.29) is 6.61 Å². The molecule has 0 fully saturated rings. The van der Waals surface area contributed by atoms with Crippen molar-refractivity contribution in [3.63, 3.8) is 0 Å². The van der Waals surface area contributed by atoms with E-state index in [1.54, 1.807) is 7.11 Å². The summed E-state index contributed by atoms with van der Waals surface area (Å²) in [6.45, 7) is 4.36. The fraction of sp³-hybridized carbons (Fsp3) is 0.429. The van der Waals surface area contributed by atoms with Crippen LogP contribution >= 0.6 is 0 Å². The molecule has 6 nitrogen and oxygen atoms in total. The Labute approximate surface area is 117 Å². The Hall–Kier alpha value is -1.92. The van der Waals surface area contributed by atoms with Crippen molar-refractivity contribution in [3.8, 4) is 5.75 Å². The van der Waals surface area contributed by atoms with Crippen LogP contribution in [-0.2, 0) is 23.5 Å². The predicted octanol–water partition coefficient (Wildman–Crippen LogP) is 1.99. The summed E-state index contributed by atoms with van der Waals surface area (Å²) in [6, 6.07) is 7.67. The molecule has 1 heterocycles. The molecule has 0 bridgehead atoms. The number of ether oxygens (including phenoxy) is 2. The third-order valence-corrected chi connectivity index (χ3v) is 2.70. The second-order valence-corrected chi connectivity index (χ2v) is 5.07. The van der Waals surface area contributed by atoms with Gasteiger partial charge in [-0.1, -0.05) is 17.3 Å². The zero-order valence-electron chi connectivity index (χ0n) is 11.9. The van der Waals surface area contributed by atoms with Gasteiger partial charge in [-0.25, -0.2) is 0 Å². The SMILES string of the molecule is COc1ccc(COCc2nc(C(C)(C)N)no2)cc1. The van der Waals surface area contributed by atoms with E-state index >= 15 is 0 Å². The van der Waals surface area contributed by atoms with Crippen molar-refractivity contribution in [1.29, 1.82) is 0 Å². The maximum Gasteiger partial charge on any atom is 0.252 e. The lowest BCUT2D eigenvalue weighted by atomic mass is 10.1. The van der Waals surface area contributed by atoms with E-state index in [4.69, 9.17) is 19.7 Å². The molecule has 108 valence electrons. The van der Waals surface area contributed by atoms with Crippen LogP contribution in [-0.4, -0.2) is 17.3 Å². The summed E-state index contributed by atoms with van der Waals surface area (Å²) in [4.78, 5) is 4.19. The zero-order chi connectivity index (χ0) is 14.6. The lowest BCUT2D eigenvalue weighted by molar-refractivity contribution is 0.0850. The zero-order valence-corrected chi connectivity index (χ0v) is 11.9. The molecule has 20 heavy (non-hydrogen) atoms. The van der Waals surface area contributed by atoms with Crippen molar-refractivity contribution in [2.75, 3.05) is 7.11 Å². The number of rotatable bonds is 6. The number of aromatic nitrogens is 2. The first-order valence-electron chi connectivity index (χ1n) is 6.31. The highest BCUT2D eigenvalue weighted by atomic mass is 16.5. The first-order chi connectivity index (χ1) is 9.49. The molecule has 2 rings (SSSR count). The molecule has 6 heteroatoms. The summed E-state index contributed by atoms with van der Waals surface area (Å²) in [7, 11) is 1.64. The molecule has 0 aliphatic heterocycles. The van der Waals surface area contributed by atoms with Crippen LogP contribution in [0.3, 0.4) is 0 Å². The van der Waals surface area contributed by atoms with E-state index < -0.39 is 5.54 Å². The molecule has 2 aromatic rings. The van der Waals surface area contributed by atoms with E-state index in [9.17, 15) is 0 Å². The van der Waals surface area contributed by atoms with Crippen molar-refractivity contribution in [3.05, 3.63) is 41.5 Å². The Balaban J connectivity index is 1.84. The van der Waals surface area contributed by atoms with Gasteiger partial charge in [0.2, 0.25) is 0 Å². The number of hydrogen-bond acceptors (Lipinski definition) is 6. The van der Waals surface area contributed by atoms with Crippen LogP contribution in [0, 0.1) is 0 Å². The summed E-state index contributed by atoms with van der Waals surface area (Å²) < 4.78 is 15.7. The van der Waals surface area contributed by atoms with E-state index in [1.807, 2.05) is 38.1 Å². The Kier molecular flexibility index (Phi) is 4.36. The molecule has 0 spiro atoms. The first kappa shape index (κ1) is 14.5. The van der Waals surface area contributed by atoms with Gasteiger partial charge in [-0.05, 0) is 31.5 Å². The largest absolute Gasteiger partial charge is 0.497 e. The third kappa shape index (κ3) is 3.79. The minimum Gasteiger partial charge on any atom is -0.497 e. The van der Waals surface area contributed by atoms with Gasteiger partial charge in [0.25, 0.3) is 5.89 Å². The van der Waals surface area contributed by atoms with Crippen molar-refractivity contribution >= 4 is 0 Å². The van der Waals surface area contributed by atoms with Crippen molar-refractivity contribution in [1.82, 2.24) is 10.1 Å². The second kappa shape index (κ2) is 6.02. The minimum absolute atomic E-state index is 0.259. The van der Waals surface area contributed by atoms with Crippen LogP contribution < -0.4 is 10.5 Å². The Bertz CT molecular complexity index is 544. The highest BCUT2D eigenvalue weighted by Gasteiger charge is 2.21. The molecule has 1 aromatic heterocycles. The summed E-state index contributed by atoms with van der Waals surface area (Å²) in [5, 5.41) is 3.83. The van der Waals surface area contributed by atoms with Crippen molar-refractivity contribution < 1.29 is 14.0 Å². The molecule has 2 N–H and O–H groups in total. The van der Waals surface area contributed by atoms with Crippen LogP contribution in [0.2, 0.25) is 0 Å². The molecule has 0 saturated carbocycles. The van der Waals surface area contributed by atoms with Gasteiger partial charge >= 0.3 is 0 Å². The van der Waals surface area contributed by atoms with Crippen LogP contribution in [0.25, 0.3) is 0 Å². The van der Waals surface area contributed by atoms with Crippen LogP contribution in [0.15, 0.2) is 28.8 Å². The van der Waals surface area contributed by atoms with Gasteiger partial charge < -0.3 is 19.7 Å². The van der Waals surface area contributed by atoms with Gasteiger partial charge in [0.1, 0.15) is 12.4 Å². The molecular formula is C14H19N3O3. The number of hydrogen-bond donors (Lipinski definition) is 1. The molecular weight excluding hydrogens is 258 g/mol. The standard InChI is InChI=1S/C14H19N3O3/c1-14(2,15)13-16-12(20-17-13)9-19-8-10-4-6-11(18-3)7-5-10/h4-7H,8-9,15H2,1-3H3. The Morgan fingerprint density at radius 1 is 1.20 bits per heavy atom. The second-order valence-electron chi connectivity index (χ2n) is 5.07. The average Bonchev–Trinajstić information content (AvgIpc) is 2.88. The monoisotopic (exact) mass is 277 g/mol. The van der Waals surface area contributed by atoms with Gasteiger partial charge in [-0.2, -0.15) is 4.98 Å². The number of nitrogens with zero attached hydrogens (tertiary/aromatic N) is 2. The number of methoxy groups -OCH3 is 1. The molecule has 0 aliphatic rings. The average molecular weight is 277 g/mol.